The molecule has 0 aliphatic heterocycles. The number of hydrogen-bond donors (Lipinski definition) is 3. The summed E-state index contributed by atoms with van der Waals surface area (Å²) in [6, 6.07) is 8.39. The number of nitrogens with zero attached hydrogens (tertiary/aromatic N) is 2. The van der Waals surface area contributed by atoms with Crippen LogP contribution in [-0.4, -0.2) is 38.1 Å². The quantitative estimate of drug-likeness (QED) is 0.515. The lowest BCUT2D eigenvalue weighted by atomic mass is 10.0. The van der Waals surface area contributed by atoms with Crippen LogP contribution >= 0.6 is 11.6 Å². The lowest BCUT2D eigenvalue weighted by Crippen LogP contribution is -2.20. The summed E-state index contributed by atoms with van der Waals surface area (Å²) < 4.78 is 5.45. The van der Waals surface area contributed by atoms with Crippen LogP contribution in [0.25, 0.3) is 0 Å². The highest BCUT2D eigenvalue weighted by Crippen LogP contribution is 2.30. The van der Waals surface area contributed by atoms with Gasteiger partial charge in [-0.2, -0.15) is 0 Å². The molecule has 30 heavy (non-hydrogen) atoms. The highest BCUT2D eigenvalue weighted by molar-refractivity contribution is 6.30. The normalized spacial score (nSPS) is 22.1. The topological polar surface area (TPSA) is 108 Å². The average Bonchev–Trinajstić information content (AvgIpc) is 3.34. The number of aliphatic hydroxyl groups is 2. The van der Waals surface area contributed by atoms with E-state index in [1.165, 1.54) is 24.9 Å². The van der Waals surface area contributed by atoms with Crippen molar-refractivity contribution in [2.24, 2.45) is 5.92 Å². The molecule has 1 fully saturated rings. The Morgan fingerprint density at radius 3 is 2.87 bits per heavy atom. The van der Waals surface area contributed by atoms with Gasteiger partial charge in [-0.3, -0.25) is 4.79 Å². The second-order valence-corrected chi connectivity index (χ2v) is 8.11. The van der Waals surface area contributed by atoms with Crippen molar-refractivity contribution in [3.63, 3.8) is 0 Å². The Balaban J connectivity index is 1.54. The number of anilines is 1. The fraction of sp³-hybridized carbons (Fsp3) is 0.318. The molecular formula is C22H22ClN3O4. The van der Waals surface area contributed by atoms with E-state index in [0.717, 1.165) is 6.42 Å². The second-order valence-electron chi connectivity index (χ2n) is 7.67. The van der Waals surface area contributed by atoms with Crippen LogP contribution in [0.2, 0.25) is 5.02 Å². The Hall–Kier alpha value is -2.74. The molecule has 1 aromatic carbocycles. The molecule has 7 nitrogen and oxygen atoms in total. The number of hydrogen-bond acceptors (Lipinski definition) is 7. The van der Waals surface area contributed by atoms with Gasteiger partial charge in [0, 0.05) is 22.8 Å². The van der Waals surface area contributed by atoms with Crippen LogP contribution in [0.5, 0.6) is 0 Å². The Kier molecular flexibility index (Phi) is 5.85. The molecule has 4 atom stereocenters. The maximum absolute atomic E-state index is 13.0. The van der Waals surface area contributed by atoms with Crippen LogP contribution in [0.4, 0.5) is 5.82 Å². The predicted octanol–water partition coefficient (Wildman–Crippen LogP) is 3.61. The van der Waals surface area contributed by atoms with E-state index in [9.17, 15) is 15.0 Å². The van der Waals surface area contributed by atoms with Crippen molar-refractivity contribution in [1.29, 1.82) is 0 Å². The third-order valence-electron chi connectivity index (χ3n) is 5.46. The molecule has 4 rings (SSSR count). The largest absolute Gasteiger partial charge is 0.460 e. The Morgan fingerprint density at radius 1 is 1.30 bits per heavy atom. The van der Waals surface area contributed by atoms with Crippen molar-refractivity contribution in [3.05, 3.63) is 76.6 Å². The van der Waals surface area contributed by atoms with Crippen molar-refractivity contribution in [2.75, 3.05) is 5.32 Å². The molecule has 0 unspecified atom stereocenters. The van der Waals surface area contributed by atoms with E-state index in [-0.39, 0.29) is 29.4 Å². The molecule has 0 bridgehead atoms. The minimum Gasteiger partial charge on any atom is -0.460 e. The number of carbonyl (C=O) groups is 1. The molecule has 8 heteroatoms. The summed E-state index contributed by atoms with van der Waals surface area (Å²) in [6.07, 6.45) is 4.19. The van der Waals surface area contributed by atoms with Crippen molar-refractivity contribution < 1.29 is 19.4 Å². The third-order valence-corrected chi connectivity index (χ3v) is 5.70. The molecule has 1 aliphatic carbocycles. The van der Waals surface area contributed by atoms with Gasteiger partial charge in [0.15, 0.2) is 5.76 Å². The molecule has 1 saturated carbocycles. The summed E-state index contributed by atoms with van der Waals surface area (Å²) in [5, 5.41) is 24.3. The van der Waals surface area contributed by atoms with Gasteiger partial charge in [-0.15, -0.1) is 0 Å². The van der Waals surface area contributed by atoms with E-state index in [2.05, 4.69) is 15.3 Å². The molecule has 0 saturated heterocycles. The standard InChI is InChI=1S/C22H22ClN3O4/c1-12-5-16(8-18(12)27)26-22-17(9-24-11-25-22)21(29)19-7-14(10-30-19)20(28)13-3-2-4-15(23)6-13/h2-4,6-7,9-12,16,18,20,27-28H,5,8H2,1H3,(H,24,25,26)/t12-,16-,18+,20+/m1/s1. The Labute approximate surface area is 178 Å². The second kappa shape index (κ2) is 8.55. The van der Waals surface area contributed by atoms with Crippen molar-refractivity contribution in [3.8, 4) is 0 Å². The Bertz CT molecular complexity index is 1040. The van der Waals surface area contributed by atoms with Crippen LogP contribution in [0.3, 0.4) is 0 Å². The molecule has 3 N–H and O–H groups in total. The molecule has 0 spiro atoms. The molecule has 0 radical (unpaired) electrons. The van der Waals surface area contributed by atoms with Crippen molar-refractivity contribution in [2.45, 2.75) is 38.0 Å². The van der Waals surface area contributed by atoms with Crippen molar-refractivity contribution >= 4 is 23.2 Å². The first-order valence-corrected chi connectivity index (χ1v) is 10.1. The van der Waals surface area contributed by atoms with E-state index in [1.807, 2.05) is 6.92 Å². The lowest BCUT2D eigenvalue weighted by Gasteiger charge is -2.14. The van der Waals surface area contributed by atoms with Gasteiger partial charge >= 0.3 is 0 Å². The monoisotopic (exact) mass is 427 g/mol. The predicted molar refractivity (Wildman–Crippen MR) is 112 cm³/mol. The molecule has 2 heterocycles. The third kappa shape index (κ3) is 4.23. The zero-order chi connectivity index (χ0) is 21.3. The summed E-state index contributed by atoms with van der Waals surface area (Å²) in [6.45, 7) is 1.99. The fourth-order valence-electron chi connectivity index (χ4n) is 3.76. The van der Waals surface area contributed by atoms with Crippen LogP contribution in [-0.2, 0) is 0 Å². The van der Waals surface area contributed by atoms with E-state index >= 15 is 0 Å². The number of halogens is 1. The number of rotatable bonds is 6. The molecule has 0 amide bonds. The highest BCUT2D eigenvalue weighted by atomic mass is 35.5. The number of furan rings is 1. The highest BCUT2D eigenvalue weighted by Gasteiger charge is 2.31. The van der Waals surface area contributed by atoms with Gasteiger partial charge in [-0.05, 0) is 42.5 Å². The smallest absolute Gasteiger partial charge is 0.233 e. The van der Waals surface area contributed by atoms with Crippen LogP contribution in [0.1, 0.15) is 53.1 Å². The van der Waals surface area contributed by atoms with Gasteiger partial charge < -0.3 is 19.9 Å². The Morgan fingerprint density at radius 2 is 2.13 bits per heavy atom. The number of aromatic nitrogens is 2. The number of nitrogens with one attached hydrogen (secondary N) is 1. The van der Waals surface area contributed by atoms with Gasteiger partial charge in [-0.25, -0.2) is 9.97 Å². The van der Waals surface area contributed by atoms with E-state index in [4.69, 9.17) is 16.0 Å². The van der Waals surface area contributed by atoms with Gasteiger partial charge in [0.25, 0.3) is 0 Å². The number of carbonyl (C=O) groups excluding carboxylic acids is 1. The van der Waals surface area contributed by atoms with Crippen molar-refractivity contribution in [1.82, 2.24) is 9.97 Å². The maximum atomic E-state index is 13.0. The molecule has 3 aromatic rings. The van der Waals surface area contributed by atoms with Gasteiger partial charge in [-0.1, -0.05) is 30.7 Å². The molecule has 1 aliphatic rings. The van der Waals surface area contributed by atoms with E-state index in [0.29, 0.717) is 28.4 Å². The molecule has 2 aromatic heterocycles. The number of aliphatic hydroxyl groups excluding tert-OH is 2. The maximum Gasteiger partial charge on any atom is 0.233 e. The average molecular weight is 428 g/mol. The van der Waals surface area contributed by atoms with E-state index in [1.54, 1.807) is 24.3 Å². The first-order chi connectivity index (χ1) is 14.4. The number of ketones is 1. The first-order valence-electron chi connectivity index (χ1n) is 9.73. The lowest BCUT2D eigenvalue weighted by molar-refractivity contribution is 0.101. The van der Waals surface area contributed by atoms with Gasteiger partial charge in [0.2, 0.25) is 5.78 Å². The first kappa shape index (κ1) is 20.5. The van der Waals surface area contributed by atoms with Crippen LogP contribution < -0.4 is 5.32 Å². The molecular weight excluding hydrogens is 406 g/mol. The summed E-state index contributed by atoms with van der Waals surface area (Å²) in [7, 11) is 0. The van der Waals surface area contributed by atoms with Crippen LogP contribution in [0.15, 0.2) is 53.5 Å². The zero-order valence-electron chi connectivity index (χ0n) is 16.3. The minimum absolute atomic E-state index is 0.0215. The fourth-order valence-corrected chi connectivity index (χ4v) is 3.96. The zero-order valence-corrected chi connectivity index (χ0v) is 17.1. The van der Waals surface area contributed by atoms with E-state index < -0.39 is 11.9 Å². The number of benzene rings is 1. The van der Waals surface area contributed by atoms with Crippen LogP contribution in [0, 0.1) is 5.92 Å². The summed E-state index contributed by atoms with van der Waals surface area (Å²) in [5.74, 6) is 0.261. The molecule has 156 valence electrons. The SMILES string of the molecule is C[C@@H]1C[C@@H](Nc2ncncc2C(=O)c2cc([C@@H](O)c3cccc(Cl)c3)co2)C[C@@H]1O. The summed E-state index contributed by atoms with van der Waals surface area (Å²) in [4.78, 5) is 21.2. The summed E-state index contributed by atoms with van der Waals surface area (Å²) in [5.41, 5.74) is 1.31. The van der Waals surface area contributed by atoms with Gasteiger partial charge in [0.1, 0.15) is 18.2 Å². The van der Waals surface area contributed by atoms with Gasteiger partial charge in [0.05, 0.1) is 17.9 Å². The minimum atomic E-state index is -0.972. The summed E-state index contributed by atoms with van der Waals surface area (Å²) >= 11 is 5.99.